The average Bonchev–Trinajstić information content (AvgIpc) is 4.04. The fraction of sp³-hybridized carbons (Fsp3) is 0.442. The number of alkyl carbamates (subject to hydrolysis) is 2. The maximum atomic E-state index is 13.9. The van der Waals surface area contributed by atoms with Crippen molar-refractivity contribution in [3.63, 3.8) is 0 Å². The number of carbonyl (C=O) groups excluding carboxylic acids is 4. The Morgan fingerprint density at radius 1 is 0.793 bits per heavy atom. The second kappa shape index (κ2) is 16.6. The van der Waals surface area contributed by atoms with Crippen molar-refractivity contribution in [1.29, 1.82) is 0 Å². The van der Waals surface area contributed by atoms with Crippen molar-refractivity contribution in [3.8, 4) is 22.4 Å². The molecule has 4 atom stereocenters. The minimum absolute atomic E-state index is 0.0946. The van der Waals surface area contributed by atoms with Gasteiger partial charge in [0.15, 0.2) is 0 Å². The standard InChI is InChI=1S/C43H54N8O6Si/c1-25(2)36(49-43(55)57-4)41(53)51-21-8-10-34(51)38-44-23-32(46-38)27-14-12-26(13-15-27)28-16-18-30-29(22-28)17-19-31-37(30)48-39(45-31)35-11-9-20-50(35)40(52)33(24-58(5,6)7)47-42(54)56-3/h12-19,22-23,25,33-36H,8-11,20-21,24H2,1-7H3,(H,44,46)(H,45,48)(H,47,54)(H,49,55)/t33-,34-,35-,36-/m0/s1. The smallest absolute Gasteiger partial charge is 0.407 e. The lowest BCUT2D eigenvalue weighted by Gasteiger charge is -2.30. The summed E-state index contributed by atoms with van der Waals surface area (Å²) in [5.74, 6) is 1.14. The predicted molar refractivity (Wildman–Crippen MR) is 226 cm³/mol. The fourth-order valence-corrected chi connectivity index (χ4v) is 9.88. The molecule has 2 aliphatic heterocycles. The molecule has 3 aromatic carbocycles. The van der Waals surface area contributed by atoms with Gasteiger partial charge in [0.25, 0.3) is 0 Å². The molecule has 0 radical (unpaired) electrons. The van der Waals surface area contributed by atoms with E-state index >= 15 is 0 Å². The number of hydrogen-bond donors (Lipinski definition) is 4. The van der Waals surface area contributed by atoms with Crippen LogP contribution in [-0.2, 0) is 19.1 Å². The topological polar surface area (TPSA) is 175 Å². The summed E-state index contributed by atoms with van der Waals surface area (Å²) in [4.78, 5) is 72.1. The molecule has 0 aliphatic carbocycles. The van der Waals surface area contributed by atoms with Gasteiger partial charge in [0.2, 0.25) is 11.8 Å². The average molecular weight is 807 g/mol. The third kappa shape index (κ3) is 8.45. The van der Waals surface area contributed by atoms with E-state index in [4.69, 9.17) is 19.4 Å². The molecule has 0 spiro atoms. The number of methoxy groups -OCH3 is 2. The number of carbonyl (C=O) groups is 4. The maximum Gasteiger partial charge on any atom is 0.407 e. The SMILES string of the molecule is COC(=O)N[C@@H](C[Si](C)(C)C)C(=O)N1CCC[C@H]1c1nc2ccc3cc(-c4ccc(-c5cnc([C@@H]6CCCN6C(=O)[C@@H](NC(=O)OC)C(C)C)[nH]5)cc4)ccc3c2[nH]1. The van der Waals surface area contributed by atoms with Crippen LogP contribution in [0.4, 0.5) is 9.59 Å². The molecule has 4 amide bonds. The Morgan fingerprint density at radius 3 is 2.07 bits per heavy atom. The molecular weight excluding hydrogens is 753 g/mol. The van der Waals surface area contributed by atoms with Crippen LogP contribution in [0.25, 0.3) is 44.2 Å². The number of amides is 4. The summed E-state index contributed by atoms with van der Waals surface area (Å²) in [7, 11) is 0.899. The highest BCUT2D eigenvalue weighted by Gasteiger charge is 2.39. The molecule has 58 heavy (non-hydrogen) atoms. The van der Waals surface area contributed by atoms with Crippen molar-refractivity contribution in [1.82, 2.24) is 40.4 Å². The number of rotatable bonds is 11. The lowest BCUT2D eigenvalue weighted by Crippen LogP contribution is -2.51. The lowest BCUT2D eigenvalue weighted by atomic mass is 9.99. The van der Waals surface area contributed by atoms with E-state index in [9.17, 15) is 19.2 Å². The molecule has 14 nitrogen and oxygen atoms in total. The van der Waals surface area contributed by atoms with Crippen molar-refractivity contribution >= 4 is 53.9 Å². The van der Waals surface area contributed by atoms with Crippen LogP contribution in [0, 0.1) is 5.92 Å². The number of benzene rings is 3. The Balaban J connectivity index is 1.07. The van der Waals surface area contributed by atoms with Crippen molar-refractivity contribution in [3.05, 3.63) is 72.4 Å². The lowest BCUT2D eigenvalue weighted by molar-refractivity contribution is -0.135. The summed E-state index contributed by atoms with van der Waals surface area (Å²) < 4.78 is 9.62. The molecule has 306 valence electrons. The zero-order valence-corrected chi connectivity index (χ0v) is 35.3. The monoisotopic (exact) mass is 806 g/mol. The van der Waals surface area contributed by atoms with Crippen LogP contribution in [-0.4, -0.2) is 101 Å². The van der Waals surface area contributed by atoms with Gasteiger partial charge in [0.05, 0.1) is 49.2 Å². The summed E-state index contributed by atoms with van der Waals surface area (Å²) in [5, 5.41) is 7.61. The van der Waals surface area contributed by atoms with Gasteiger partial charge in [-0.05, 0) is 71.9 Å². The summed E-state index contributed by atoms with van der Waals surface area (Å²) in [6, 6.07) is 17.7. The first-order chi connectivity index (χ1) is 27.7. The molecule has 5 aromatic rings. The predicted octanol–water partition coefficient (Wildman–Crippen LogP) is 7.54. The van der Waals surface area contributed by atoms with E-state index in [1.54, 1.807) is 0 Å². The summed E-state index contributed by atoms with van der Waals surface area (Å²) in [6.45, 7) is 11.6. The number of nitrogens with one attached hydrogen (secondary N) is 4. The minimum Gasteiger partial charge on any atom is -0.453 e. The quantitative estimate of drug-likeness (QED) is 0.0991. The number of imidazole rings is 2. The Hall–Kier alpha value is -5.70. The third-order valence-corrected chi connectivity index (χ3v) is 12.9. The molecule has 4 heterocycles. The first-order valence-electron chi connectivity index (χ1n) is 20.1. The van der Waals surface area contributed by atoms with Crippen LogP contribution in [0.5, 0.6) is 0 Å². The van der Waals surface area contributed by atoms with Gasteiger partial charge in [-0.1, -0.05) is 76.0 Å². The zero-order valence-electron chi connectivity index (χ0n) is 34.3. The number of ether oxygens (including phenoxy) is 2. The van der Waals surface area contributed by atoms with Crippen LogP contribution in [0.2, 0.25) is 25.7 Å². The second-order valence-electron chi connectivity index (χ2n) is 17.0. The van der Waals surface area contributed by atoms with E-state index in [0.717, 1.165) is 81.5 Å². The van der Waals surface area contributed by atoms with E-state index in [2.05, 4.69) is 88.8 Å². The maximum absolute atomic E-state index is 13.9. The number of fused-ring (bicyclic) bond motifs is 3. The molecule has 2 aromatic heterocycles. The fourth-order valence-electron chi connectivity index (χ4n) is 8.38. The highest BCUT2D eigenvalue weighted by Crippen LogP contribution is 2.36. The molecule has 2 saturated heterocycles. The number of nitrogens with zero attached hydrogens (tertiary/aromatic N) is 4. The van der Waals surface area contributed by atoms with Gasteiger partial charge >= 0.3 is 12.2 Å². The molecule has 7 rings (SSSR count). The van der Waals surface area contributed by atoms with E-state index in [0.29, 0.717) is 19.1 Å². The van der Waals surface area contributed by atoms with Crippen molar-refractivity contribution in [2.45, 2.75) is 89.4 Å². The molecule has 15 heteroatoms. The van der Waals surface area contributed by atoms with Crippen LogP contribution in [0.15, 0.2) is 60.8 Å². The highest BCUT2D eigenvalue weighted by molar-refractivity contribution is 6.76. The number of likely N-dealkylation sites (tertiary alicyclic amines) is 2. The van der Waals surface area contributed by atoms with E-state index in [-0.39, 0.29) is 29.8 Å². The summed E-state index contributed by atoms with van der Waals surface area (Å²) >= 11 is 0. The normalized spacial score (nSPS) is 18.1. The van der Waals surface area contributed by atoms with Crippen LogP contribution in [0.3, 0.4) is 0 Å². The van der Waals surface area contributed by atoms with Crippen molar-refractivity contribution < 1.29 is 28.7 Å². The van der Waals surface area contributed by atoms with E-state index < -0.39 is 32.3 Å². The second-order valence-corrected chi connectivity index (χ2v) is 22.5. The largest absolute Gasteiger partial charge is 0.453 e. The molecular formula is C43H54N8O6Si. The van der Waals surface area contributed by atoms with Crippen LogP contribution < -0.4 is 10.6 Å². The first-order valence-corrected chi connectivity index (χ1v) is 23.8. The Labute approximate surface area is 339 Å². The highest BCUT2D eigenvalue weighted by atomic mass is 28.3. The van der Waals surface area contributed by atoms with Gasteiger partial charge in [-0.25, -0.2) is 19.6 Å². The van der Waals surface area contributed by atoms with Gasteiger partial charge < -0.3 is 39.9 Å². The van der Waals surface area contributed by atoms with Gasteiger partial charge in [-0.15, -0.1) is 0 Å². The molecule has 0 saturated carbocycles. The molecule has 0 bridgehead atoms. The Bertz CT molecular complexity index is 2310. The zero-order chi connectivity index (χ0) is 41.3. The van der Waals surface area contributed by atoms with E-state index in [1.807, 2.05) is 35.9 Å². The number of H-pyrrole nitrogens is 2. The molecule has 2 fully saturated rings. The van der Waals surface area contributed by atoms with Gasteiger partial charge in [-0.2, -0.15) is 0 Å². The molecule has 0 unspecified atom stereocenters. The Kier molecular flexibility index (Phi) is 11.6. The molecule has 2 aliphatic rings. The van der Waals surface area contributed by atoms with Crippen LogP contribution >= 0.6 is 0 Å². The number of hydrogen-bond acceptors (Lipinski definition) is 8. The van der Waals surface area contributed by atoms with Gasteiger partial charge in [0, 0.05) is 26.5 Å². The van der Waals surface area contributed by atoms with Crippen molar-refractivity contribution in [2.24, 2.45) is 5.92 Å². The van der Waals surface area contributed by atoms with E-state index in [1.165, 1.54) is 14.2 Å². The summed E-state index contributed by atoms with van der Waals surface area (Å²) in [6.07, 6.45) is 3.86. The number of aromatic nitrogens is 4. The molecule has 4 N–H and O–H groups in total. The first kappa shape index (κ1) is 40.5. The Morgan fingerprint density at radius 2 is 1.41 bits per heavy atom. The van der Waals surface area contributed by atoms with Gasteiger partial charge in [-0.3, -0.25) is 9.59 Å². The summed E-state index contributed by atoms with van der Waals surface area (Å²) in [5.41, 5.74) is 5.74. The van der Waals surface area contributed by atoms with Crippen LogP contribution in [0.1, 0.15) is 63.3 Å². The van der Waals surface area contributed by atoms with Gasteiger partial charge in [0.1, 0.15) is 23.7 Å². The number of aromatic amines is 2. The van der Waals surface area contributed by atoms with Crippen molar-refractivity contribution in [2.75, 3.05) is 27.3 Å². The third-order valence-electron chi connectivity index (χ3n) is 11.3. The minimum atomic E-state index is -1.71.